The maximum absolute atomic E-state index is 13.1. The number of pyridine rings is 1. The summed E-state index contributed by atoms with van der Waals surface area (Å²) in [6, 6.07) is 3.57. The zero-order valence-corrected chi connectivity index (χ0v) is 14.2. The van der Waals surface area contributed by atoms with Crippen molar-refractivity contribution in [3.63, 3.8) is 0 Å². The first kappa shape index (κ1) is 17.4. The normalized spacial score (nSPS) is 23.8. The highest BCUT2D eigenvalue weighted by molar-refractivity contribution is 5.90. The number of hydrogen-bond donors (Lipinski definition) is 3. The molecular formula is C18H24N4O3. The highest BCUT2D eigenvalue weighted by Gasteiger charge is 2.44. The number of carbonyl (C=O) groups is 2. The minimum atomic E-state index is -0.995. The van der Waals surface area contributed by atoms with Gasteiger partial charge in [0.2, 0.25) is 5.91 Å². The van der Waals surface area contributed by atoms with Gasteiger partial charge in [-0.1, -0.05) is 0 Å². The van der Waals surface area contributed by atoms with Gasteiger partial charge in [-0.05, 0) is 56.0 Å². The Morgan fingerprint density at radius 2 is 2.08 bits per heavy atom. The molecule has 7 nitrogen and oxygen atoms in total. The Balaban J connectivity index is 1.73. The molecule has 134 valence electrons. The number of amides is 1. The molecule has 1 aromatic rings. The number of likely N-dealkylation sites (tertiary alicyclic amines) is 1. The van der Waals surface area contributed by atoms with E-state index in [9.17, 15) is 9.59 Å². The summed E-state index contributed by atoms with van der Waals surface area (Å²) in [5, 5.41) is 15.3. The Labute approximate surface area is 147 Å². The van der Waals surface area contributed by atoms with E-state index in [0.29, 0.717) is 17.9 Å². The van der Waals surface area contributed by atoms with E-state index in [1.807, 2.05) is 4.90 Å². The lowest BCUT2D eigenvalue weighted by atomic mass is 9.95. The van der Waals surface area contributed by atoms with Crippen molar-refractivity contribution in [2.75, 3.05) is 31.5 Å². The van der Waals surface area contributed by atoms with Crippen molar-refractivity contribution in [2.24, 2.45) is 0 Å². The van der Waals surface area contributed by atoms with E-state index in [2.05, 4.69) is 15.6 Å². The zero-order valence-electron chi connectivity index (χ0n) is 14.2. The van der Waals surface area contributed by atoms with Crippen molar-refractivity contribution in [1.29, 1.82) is 0 Å². The van der Waals surface area contributed by atoms with Gasteiger partial charge in [0.05, 0.1) is 0 Å². The molecule has 0 aromatic carbocycles. The molecule has 25 heavy (non-hydrogen) atoms. The molecule has 0 unspecified atom stereocenters. The summed E-state index contributed by atoms with van der Waals surface area (Å²) in [5.74, 6) is -0.222. The lowest BCUT2D eigenvalue weighted by Gasteiger charge is -2.36. The van der Waals surface area contributed by atoms with Gasteiger partial charge in [0.25, 0.3) is 0 Å². The molecule has 0 spiro atoms. The van der Waals surface area contributed by atoms with Crippen molar-refractivity contribution in [1.82, 2.24) is 15.2 Å². The standard InChI is InChI=1S/C18H24N4O3/c23-16(24)7-5-14-4-6-15(20-12-14)21-18(8-9-19-13-18)17(25)22-10-2-1-3-11-22/h4-7,12,19H,1-3,8-11,13H2,(H,20,21)(H,23,24)/b7-5+/t18-/m1/s1. The smallest absolute Gasteiger partial charge is 0.328 e. The molecule has 2 saturated heterocycles. The van der Waals surface area contributed by atoms with E-state index in [-0.39, 0.29) is 5.91 Å². The van der Waals surface area contributed by atoms with Crippen LogP contribution in [0.5, 0.6) is 0 Å². The molecule has 2 aliphatic rings. The van der Waals surface area contributed by atoms with E-state index in [4.69, 9.17) is 5.11 Å². The molecule has 0 saturated carbocycles. The van der Waals surface area contributed by atoms with E-state index in [1.165, 1.54) is 12.5 Å². The van der Waals surface area contributed by atoms with Crippen molar-refractivity contribution in [3.05, 3.63) is 30.0 Å². The number of rotatable bonds is 5. The van der Waals surface area contributed by atoms with E-state index in [1.54, 1.807) is 18.3 Å². The van der Waals surface area contributed by atoms with Crippen molar-refractivity contribution in [2.45, 2.75) is 31.2 Å². The van der Waals surface area contributed by atoms with Crippen molar-refractivity contribution < 1.29 is 14.7 Å². The maximum atomic E-state index is 13.1. The van der Waals surface area contributed by atoms with Crippen LogP contribution in [-0.2, 0) is 9.59 Å². The SMILES string of the molecule is O=C(O)/C=C/c1ccc(N[C@]2(C(=O)N3CCCCC3)CCNC2)nc1. The highest BCUT2D eigenvalue weighted by Crippen LogP contribution is 2.25. The lowest BCUT2D eigenvalue weighted by molar-refractivity contribution is -0.136. The zero-order chi connectivity index (χ0) is 17.7. The minimum absolute atomic E-state index is 0.147. The number of aromatic nitrogens is 1. The summed E-state index contributed by atoms with van der Waals surface area (Å²) in [4.78, 5) is 30.0. The second kappa shape index (κ2) is 7.65. The molecule has 3 N–H and O–H groups in total. The molecule has 1 atom stereocenters. The van der Waals surface area contributed by atoms with Crippen LogP contribution in [0.2, 0.25) is 0 Å². The summed E-state index contributed by atoms with van der Waals surface area (Å²) in [6.07, 6.45) is 8.22. The van der Waals surface area contributed by atoms with Gasteiger partial charge in [0.1, 0.15) is 11.4 Å². The Morgan fingerprint density at radius 1 is 1.28 bits per heavy atom. The van der Waals surface area contributed by atoms with Crippen LogP contribution in [0.3, 0.4) is 0 Å². The predicted molar refractivity (Wildman–Crippen MR) is 95.2 cm³/mol. The van der Waals surface area contributed by atoms with Crippen LogP contribution in [0.1, 0.15) is 31.2 Å². The third-order valence-corrected chi connectivity index (χ3v) is 4.78. The highest BCUT2D eigenvalue weighted by atomic mass is 16.4. The Hall–Kier alpha value is -2.41. The van der Waals surface area contributed by atoms with Crippen LogP contribution in [-0.4, -0.2) is 58.6 Å². The summed E-state index contributed by atoms with van der Waals surface area (Å²) in [7, 11) is 0. The van der Waals surface area contributed by atoms with Crippen LogP contribution in [0, 0.1) is 0 Å². The summed E-state index contributed by atoms with van der Waals surface area (Å²) in [5.41, 5.74) is 0.0526. The molecule has 0 aliphatic carbocycles. The third-order valence-electron chi connectivity index (χ3n) is 4.78. The third kappa shape index (κ3) is 4.17. The number of carboxylic acid groups (broad SMARTS) is 1. The van der Waals surface area contributed by atoms with Gasteiger partial charge in [-0.25, -0.2) is 9.78 Å². The number of anilines is 1. The quantitative estimate of drug-likeness (QED) is 0.698. The molecule has 2 fully saturated rings. The molecule has 1 aromatic heterocycles. The van der Waals surface area contributed by atoms with Crippen molar-refractivity contribution in [3.8, 4) is 0 Å². The summed E-state index contributed by atoms with van der Waals surface area (Å²) in [6.45, 7) is 3.04. The molecular weight excluding hydrogens is 320 g/mol. The lowest BCUT2D eigenvalue weighted by Crippen LogP contribution is -2.56. The topological polar surface area (TPSA) is 94.6 Å². The van der Waals surface area contributed by atoms with E-state index in [0.717, 1.165) is 45.0 Å². The van der Waals surface area contributed by atoms with Gasteiger partial charge in [0, 0.05) is 31.9 Å². The second-order valence-corrected chi connectivity index (χ2v) is 6.64. The average molecular weight is 344 g/mol. The Morgan fingerprint density at radius 3 is 2.68 bits per heavy atom. The molecule has 3 heterocycles. The van der Waals surface area contributed by atoms with Crippen LogP contribution >= 0.6 is 0 Å². The van der Waals surface area contributed by atoms with Gasteiger partial charge in [-0.2, -0.15) is 0 Å². The monoisotopic (exact) mass is 344 g/mol. The second-order valence-electron chi connectivity index (χ2n) is 6.64. The first-order chi connectivity index (χ1) is 12.1. The summed E-state index contributed by atoms with van der Waals surface area (Å²) >= 11 is 0. The number of carbonyl (C=O) groups excluding carboxylic acids is 1. The van der Waals surface area contributed by atoms with Crippen LogP contribution < -0.4 is 10.6 Å². The largest absolute Gasteiger partial charge is 0.478 e. The number of nitrogens with zero attached hydrogens (tertiary/aromatic N) is 2. The first-order valence-electron chi connectivity index (χ1n) is 8.74. The average Bonchev–Trinajstić information content (AvgIpc) is 3.11. The van der Waals surface area contributed by atoms with Crippen molar-refractivity contribution >= 4 is 23.8 Å². The molecule has 7 heteroatoms. The fourth-order valence-electron chi connectivity index (χ4n) is 3.42. The summed E-state index contributed by atoms with van der Waals surface area (Å²) < 4.78 is 0. The predicted octanol–water partition coefficient (Wildman–Crippen LogP) is 1.34. The Bertz CT molecular complexity index is 645. The molecule has 3 rings (SSSR count). The maximum Gasteiger partial charge on any atom is 0.328 e. The van der Waals surface area contributed by atoms with Gasteiger partial charge in [-0.3, -0.25) is 4.79 Å². The molecule has 1 amide bonds. The van der Waals surface area contributed by atoms with E-state index >= 15 is 0 Å². The fourth-order valence-corrected chi connectivity index (χ4v) is 3.42. The number of nitrogens with one attached hydrogen (secondary N) is 2. The van der Waals surface area contributed by atoms with Gasteiger partial charge in [0.15, 0.2) is 0 Å². The van der Waals surface area contributed by atoms with Crippen LogP contribution in [0.25, 0.3) is 6.08 Å². The fraction of sp³-hybridized carbons (Fsp3) is 0.500. The van der Waals surface area contributed by atoms with Gasteiger partial charge >= 0.3 is 5.97 Å². The van der Waals surface area contributed by atoms with Crippen LogP contribution in [0.4, 0.5) is 5.82 Å². The molecule has 0 radical (unpaired) electrons. The minimum Gasteiger partial charge on any atom is -0.478 e. The first-order valence-corrected chi connectivity index (χ1v) is 8.74. The Kier molecular flexibility index (Phi) is 5.33. The van der Waals surface area contributed by atoms with Gasteiger partial charge < -0.3 is 20.6 Å². The van der Waals surface area contributed by atoms with Crippen LogP contribution in [0.15, 0.2) is 24.4 Å². The van der Waals surface area contributed by atoms with Gasteiger partial charge in [-0.15, -0.1) is 0 Å². The molecule has 0 bridgehead atoms. The van der Waals surface area contributed by atoms with E-state index < -0.39 is 11.5 Å². The number of aliphatic carboxylic acids is 1. The number of hydrogen-bond acceptors (Lipinski definition) is 5. The number of piperidine rings is 1. The number of carboxylic acids is 1. The molecule has 2 aliphatic heterocycles.